The number of hydrogen-bond acceptors (Lipinski definition) is 3. The predicted octanol–water partition coefficient (Wildman–Crippen LogP) is 2.96. The third kappa shape index (κ3) is 3.83. The van der Waals surface area contributed by atoms with Crippen LogP contribution in [0.2, 0.25) is 0 Å². The molecule has 0 radical (unpaired) electrons. The van der Waals surface area contributed by atoms with Crippen LogP contribution >= 0.6 is 0 Å². The van der Waals surface area contributed by atoms with E-state index < -0.39 is 0 Å². The number of aliphatic hydroxyl groups excluding tert-OH is 1. The topological polar surface area (TPSA) is 55.5 Å². The number of hydrogen-bond donors (Lipinski definition) is 2. The van der Waals surface area contributed by atoms with Crippen LogP contribution in [0.3, 0.4) is 0 Å². The second-order valence-corrected chi connectivity index (χ2v) is 5.18. The van der Waals surface area contributed by atoms with Gasteiger partial charge >= 0.3 is 0 Å². The summed E-state index contributed by atoms with van der Waals surface area (Å²) >= 11 is 0. The van der Waals surface area contributed by atoms with Gasteiger partial charge in [0, 0.05) is 6.04 Å². The molecule has 0 amide bonds. The fourth-order valence-electron chi connectivity index (χ4n) is 2.24. The van der Waals surface area contributed by atoms with Gasteiger partial charge in [0.05, 0.1) is 6.61 Å². The monoisotopic (exact) mass is 271 g/mol. The lowest BCUT2D eigenvalue weighted by molar-refractivity contribution is 0.264. The van der Waals surface area contributed by atoms with Gasteiger partial charge in [-0.1, -0.05) is 24.3 Å². The van der Waals surface area contributed by atoms with Crippen molar-refractivity contribution in [1.29, 1.82) is 0 Å². The molecule has 20 heavy (non-hydrogen) atoms. The van der Waals surface area contributed by atoms with Crippen LogP contribution in [0.15, 0.2) is 42.5 Å². The number of aryl methyl sites for hydroxylation is 2. The van der Waals surface area contributed by atoms with E-state index in [-0.39, 0.29) is 12.6 Å². The molecule has 0 aliphatic heterocycles. The Morgan fingerprint density at radius 3 is 2.40 bits per heavy atom. The molecule has 1 atom stereocenters. The number of nitrogens with two attached hydrogens (primary N) is 1. The van der Waals surface area contributed by atoms with E-state index in [1.54, 1.807) is 0 Å². The van der Waals surface area contributed by atoms with Gasteiger partial charge in [-0.2, -0.15) is 0 Å². The Morgan fingerprint density at radius 1 is 1.10 bits per heavy atom. The molecular weight excluding hydrogens is 250 g/mol. The normalized spacial score (nSPS) is 12.2. The van der Waals surface area contributed by atoms with E-state index in [1.807, 2.05) is 50.2 Å². The molecule has 0 heterocycles. The molecule has 0 saturated heterocycles. The van der Waals surface area contributed by atoms with E-state index in [4.69, 9.17) is 15.6 Å². The van der Waals surface area contributed by atoms with Gasteiger partial charge in [0.2, 0.25) is 0 Å². The highest BCUT2D eigenvalue weighted by Gasteiger charge is 2.09. The first-order chi connectivity index (χ1) is 9.58. The molecule has 106 valence electrons. The lowest BCUT2D eigenvalue weighted by atomic mass is 10.1. The molecule has 0 aromatic heterocycles. The zero-order chi connectivity index (χ0) is 14.5. The van der Waals surface area contributed by atoms with E-state index in [0.717, 1.165) is 17.1 Å². The first-order valence-electron chi connectivity index (χ1n) is 6.79. The van der Waals surface area contributed by atoms with Gasteiger partial charge in [0.25, 0.3) is 0 Å². The largest absolute Gasteiger partial charge is 0.457 e. The summed E-state index contributed by atoms with van der Waals surface area (Å²) in [6.07, 6.45) is 0.595. The molecule has 2 rings (SSSR count). The van der Waals surface area contributed by atoms with Crippen molar-refractivity contribution in [3.05, 3.63) is 59.2 Å². The van der Waals surface area contributed by atoms with Crippen LogP contribution in [0.25, 0.3) is 0 Å². The number of benzene rings is 2. The van der Waals surface area contributed by atoms with Crippen LogP contribution in [0.4, 0.5) is 0 Å². The Balaban J connectivity index is 2.24. The maximum Gasteiger partial charge on any atom is 0.130 e. The van der Waals surface area contributed by atoms with Crippen molar-refractivity contribution in [1.82, 2.24) is 0 Å². The molecule has 3 heteroatoms. The van der Waals surface area contributed by atoms with E-state index in [1.165, 1.54) is 11.1 Å². The summed E-state index contributed by atoms with van der Waals surface area (Å²) < 4.78 is 5.98. The molecule has 3 nitrogen and oxygen atoms in total. The van der Waals surface area contributed by atoms with Gasteiger partial charge in [-0.05, 0) is 55.2 Å². The summed E-state index contributed by atoms with van der Waals surface area (Å²) in [7, 11) is 0. The maximum absolute atomic E-state index is 9.08. The highest BCUT2D eigenvalue weighted by atomic mass is 16.5. The average Bonchev–Trinajstić information content (AvgIpc) is 2.39. The van der Waals surface area contributed by atoms with Crippen molar-refractivity contribution in [3.63, 3.8) is 0 Å². The zero-order valence-corrected chi connectivity index (χ0v) is 12.0. The third-order valence-electron chi connectivity index (χ3n) is 3.11. The van der Waals surface area contributed by atoms with Gasteiger partial charge in [0.15, 0.2) is 0 Å². The van der Waals surface area contributed by atoms with Crippen LogP contribution in [0, 0.1) is 13.8 Å². The maximum atomic E-state index is 9.08. The van der Waals surface area contributed by atoms with Crippen LogP contribution in [-0.4, -0.2) is 17.8 Å². The highest BCUT2D eigenvalue weighted by molar-refractivity contribution is 5.40. The zero-order valence-electron chi connectivity index (χ0n) is 12.0. The van der Waals surface area contributed by atoms with E-state index >= 15 is 0 Å². The lowest BCUT2D eigenvalue weighted by Crippen LogP contribution is -2.26. The molecule has 3 N–H and O–H groups in total. The minimum absolute atomic E-state index is 0.0299. The fourth-order valence-corrected chi connectivity index (χ4v) is 2.24. The summed E-state index contributed by atoms with van der Waals surface area (Å²) in [6.45, 7) is 4.07. The number of aliphatic hydroxyl groups is 1. The number of para-hydroxylation sites is 1. The van der Waals surface area contributed by atoms with Crippen molar-refractivity contribution in [3.8, 4) is 11.5 Å². The number of ether oxygens (including phenoxy) is 1. The standard InChI is InChI=1S/C17H21NO2/c1-12-7-13(2)9-16(8-12)20-17-6-4-3-5-14(17)10-15(18)11-19/h3-9,15,19H,10-11,18H2,1-2H3. The molecule has 1 unspecified atom stereocenters. The molecule has 0 spiro atoms. The van der Waals surface area contributed by atoms with E-state index in [0.29, 0.717) is 6.42 Å². The van der Waals surface area contributed by atoms with Gasteiger partial charge in [-0.3, -0.25) is 0 Å². The van der Waals surface area contributed by atoms with Crippen molar-refractivity contribution < 1.29 is 9.84 Å². The third-order valence-corrected chi connectivity index (χ3v) is 3.11. The molecule has 0 saturated carbocycles. The molecule has 0 bridgehead atoms. The minimum Gasteiger partial charge on any atom is -0.457 e. The van der Waals surface area contributed by atoms with Gasteiger partial charge in [0.1, 0.15) is 11.5 Å². The molecule has 0 fully saturated rings. The Bertz CT molecular complexity index is 561. The number of rotatable bonds is 5. The summed E-state index contributed by atoms with van der Waals surface area (Å²) in [6, 6.07) is 13.7. The van der Waals surface area contributed by atoms with Gasteiger partial charge in [-0.15, -0.1) is 0 Å². The molecule has 2 aromatic carbocycles. The molecule has 0 aliphatic rings. The summed E-state index contributed by atoms with van der Waals surface area (Å²) in [5, 5.41) is 9.08. The van der Waals surface area contributed by atoms with E-state index in [2.05, 4.69) is 6.07 Å². The minimum atomic E-state index is -0.265. The van der Waals surface area contributed by atoms with Gasteiger partial charge < -0.3 is 15.6 Å². The van der Waals surface area contributed by atoms with Crippen LogP contribution in [0.1, 0.15) is 16.7 Å². The van der Waals surface area contributed by atoms with Crippen LogP contribution in [-0.2, 0) is 6.42 Å². The highest BCUT2D eigenvalue weighted by Crippen LogP contribution is 2.27. The molecule has 0 aliphatic carbocycles. The quantitative estimate of drug-likeness (QED) is 0.879. The van der Waals surface area contributed by atoms with E-state index in [9.17, 15) is 0 Å². The smallest absolute Gasteiger partial charge is 0.130 e. The Labute approximate surface area is 120 Å². The lowest BCUT2D eigenvalue weighted by Gasteiger charge is -2.14. The second kappa shape index (κ2) is 6.55. The van der Waals surface area contributed by atoms with Crippen molar-refractivity contribution in [2.75, 3.05) is 6.61 Å². The van der Waals surface area contributed by atoms with Crippen LogP contribution in [0.5, 0.6) is 11.5 Å². The predicted molar refractivity (Wildman–Crippen MR) is 81.2 cm³/mol. The molecule has 2 aromatic rings. The Hall–Kier alpha value is -1.84. The SMILES string of the molecule is Cc1cc(C)cc(Oc2ccccc2CC(N)CO)c1. The Morgan fingerprint density at radius 2 is 1.75 bits per heavy atom. The molecular formula is C17H21NO2. The fraction of sp³-hybridized carbons (Fsp3) is 0.294. The van der Waals surface area contributed by atoms with Crippen molar-refractivity contribution in [2.24, 2.45) is 5.73 Å². The van der Waals surface area contributed by atoms with Crippen molar-refractivity contribution in [2.45, 2.75) is 26.3 Å². The van der Waals surface area contributed by atoms with Gasteiger partial charge in [-0.25, -0.2) is 0 Å². The summed E-state index contributed by atoms with van der Waals surface area (Å²) in [5.41, 5.74) is 9.16. The summed E-state index contributed by atoms with van der Waals surface area (Å²) in [5.74, 6) is 1.62. The van der Waals surface area contributed by atoms with Crippen molar-refractivity contribution >= 4 is 0 Å². The first-order valence-corrected chi connectivity index (χ1v) is 6.79. The summed E-state index contributed by atoms with van der Waals surface area (Å²) in [4.78, 5) is 0. The first kappa shape index (κ1) is 14.6. The second-order valence-electron chi connectivity index (χ2n) is 5.18. The Kier molecular flexibility index (Phi) is 4.77. The van der Waals surface area contributed by atoms with Crippen LogP contribution < -0.4 is 10.5 Å². The average molecular weight is 271 g/mol.